The molecule has 4 nitrogen and oxygen atoms in total. The van der Waals surface area contributed by atoms with Crippen LogP contribution in [0.25, 0.3) is 5.57 Å². The summed E-state index contributed by atoms with van der Waals surface area (Å²) in [4.78, 5) is 14.3. The van der Waals surface area contributed by atoms with Crippen molar-refractivity contribution in [1.82, 2.24) is 0 Å². The van der Waals surface area contributed by atoms with Crippen molar-refractivity contribution in [2.24, 2.45) is 0 Å². The molecule has 0 spiro atoms. The summed E-state index contributed by atoms with van der Waals surface area (Å²) in [5.74, 6) is -0.334. The number of nitriles is 2. The largest absolute Gasteiger partial charge is 0.303 e. The van der Waals surface area contributed by atoms with Gasteiger partial charge in [0.2, 0.25) is 0 Å². The van der Waals surface area contributed by atoms with E-state index in [1.165, 1.54) is 0 Å². The number of para-hydroxylation sites is 1. The molecule has 1 aliphatic heterocycles. The molecule has 0 saturated heterocycles. The Bertz CT molecular complexity index is 885. The van der Waals surface area contributed by atoms with Gasteiger partial charge in [0.05, 0.1) is 17.8 Å². The van der Waals surface area contributed by atoms with Gasteiger partial charge in [-0.2, -0.15) is 10.5 Å². The van der Waals surface area contributed by atoms with Crippen molar-refractivity contribution < 1.29 is 4.79 Å². The Morgan fingerprint density at radius 1 is 1.04 bits per heavy atom. The number of carbonyl (C=O) groups excluding carboxylic acids is 1. The molecular weight excluding hydrogens is 310 g/mol. The zero-order valence-corrected chi connectivity index (χ0v) is 12.7. The SMILES string of the molecule is N#CC(C#N)=C1C(=O)N(Cc2ccc(Cl)cc2)c2ccccc21. The fourth-order valence-corrected chi connectivity index (χ4v) is 2.71. The van der Waals surface area contributed by atoms with Gasteiger partial charge in [-0.3, -0.25) is 4.79 Å². The maximum absolute atomic E-state index is 12.7. The molecule has 0 saturated carbocycles. The number of hydrogen-bond acceptors (Lipinski definition) is 3. The van der Waals surface area contributed by atoms with E-state index in [1.807, 2.05) is 36.4 Å². The molecule has 3 rings (SSSR count). The third kappa shape index (κ3) is 2.57. The zero-order chi connectivity index (χ0) is 16.4. The van der Waals surface area contributed by atoms with Crippen LogP contribution in [-0.4, -0.2) is 5.91 Å². The molecule has 1 heterocycles. The van der Waals surface area contributed by atoms with Crippen molar-refractivity contribution >= 4 is 28.8 Å². The number of nitrogens with zero attached hydrogens (tertiary/aromatic N) is 3. The first-order valence-corrected chi connectivity index (χ1v) is 7.23. The quantitative estimate of drug-likeness (QED) is 0.626. The summed E-state index contributed by atoms with van der Waals surface area (Å²) < 4.78 is 0. The standard InChI is InChI=1S/C18H10ClN3O/c19-14-7-5-12(6-8-14)11-22-16-4-2-1-3-15(16)17(18(22)23)13(9-20)10-21/h1-8H,11H2. The summed E-state index contributed by atoms with van der Waals surface area (Å²) in [6.45, 7) is 0.348. The molecule has 0 atom stereocenters. The molecular formula is C18H10ClN3O. The van der Waals surface area contributed by atoms with E-state index in [2.05, 4.69) is 0 Å². The van der Waals surface area contributed by atoms with Crippen LogP contribution in [0.1, 0.15) is 11.1 Å². The lowest BCUT2D eigenvalue weighted by Crippen LogP contribution is -2.26. The Hall–Kier alpha value is -3.08. The first kappa shape index (κ1) is 14.8. The number of fused-ring (bicyclic) bond motifs is 1. The topological polar surface area (TPSA) is 67.9 Å². The number of benzene rings is 2. The van der Waals surface area contributed by atoms with Crippen molar-refractivity contribution in [1.29, 1.82) is 10.5 Å². The summed E-state index contributed by atoms with van der Waals surface area (Å²) >= 11 is 5.88. The number of anilines is 1. The highest BCUT2D eigenvalue weighted by molar-refractivity contribution is 6.34. The van der Waals surface area contributed by atoms with E-state index in [0.29, 0.717) is 22.8 Å². The summed E-state index contributed by atoms with van der Waals surface area (Å²) in [6, 6.07) is 18.0. The van der Waals surface area contributed by atoms with E-state index < -0.39 is 0 Å². The molecule has 2 aromatic carbocycles. The minimum absolute atomic E-state index is 0.166. The minimum Gasteiger partial charge on any atom is -0.303 e. The van der Waals surface area contributed by atoms with Crippen LogP contribution in [0.2, 0.25) is 5.02 Å². The highest BCUT2D eigenvalue weighted by atomic mass is 35.5. The van der Waals surface area contributed by atoms with Crippen LogP contribution in [0.3, 0.4) is 0 Å². The maximum Gasteiger partial charge on any atom is 0.261 e. The Morgan fingerprint density at radius 2 is 1.70 bits per heavy atom. The van der Waals surface area contributed by atoms with Gasteiger partial charge in [0.25, 0.3) is 5.91 Å². The molecule has 0 unspecified atom stereocenters. The molecule has 5 heteroatoms. The third-order valence-corrected chi connectivity index (χ3v) is 3.90. The minimum atomic E-state index is -0.334. The molecule has 0 aromatic heterocycles. The van der Waals surface area contributed by atoms with Gasteiger partial charge in [-0.1, -0.05) is 41.9 Å². The van der Waals surface area contributed by atoms with Crippen molar-refractivity contribution in [3.63, 3.8) is 0 Å². The molecule has 2 aromatic rings. The Balaban J connectivity index is 2.08. The zero-order valence-electron chi connectivity index (χ0n) is 12.0. The molecule has 1 aliphatic rings. The molecule has 0 fully saturated rings. The number of allylic oxidation sites excluding steroid dienone is 1. The second-order valence-electron chi connectivity index (χ2n) is 5.01. The first-order chi connectivity index (χ1) is 11.2. The van der Waals surface area contributed by atoms with Crippen molar-refractivity contribution in [2.45, 2.75) is 6.54 Å². The normalized spacial score (nSPS) is 12.6. The number of rotatable bonds is 2. The van der Waals surface area contributed by atoms with Gasteiger partial charge in [0, 0.05) is 10.6 Å². The number of hydrogen-bond donors (Lipinski definition) is 0. The van der Waals surface area contributed by atoms with Crippen molar-refractivity contribution in [2.75, 3.05) is 4.90 Å². The van der Waals surface area contributed by atoms with Gasteiger partial charge in [0.1, 0.15) is 17.7 Å². The maximum atomic E-state index is 12.7. The molecule has 0 N–H and O–H groups in total. The van der Waals surface area contributed by atoms with E-state index in [-0.39, 0.29) is 17.1 Å². The lowest BCUT2D eigenvalue weighted by molar-refractivity contribution is -0.113. The lowest BCUT2D eigenvalue weighted by Gasteiger charge is -2.17. The van der Waals surface area contributed by atoms with Crippen LogP contribution in [0.15, 0.2) is 54.1 Å². The number of amides is 1. The summed E-state index contributed by atoms with van der Waals surface area (Å²) in [5, 5.41) is 18.9. The molecule has 0 aliphatic carbocycles. The molecule has 0 bridgehead atoms. The highest BCUT2D eigenvalue weighted by Crippen LogP contribution is 2.39. The summed E-state index contributed by atoms with van der Waals surface area (Å²) in [7, 11) is 0. The predicted octanol–water partition coefficient (Wildman–Crippen LogP) is 3.69. The van der Waals surface area contributed by atoms with Gasteiger partial charge in [0.15, 0.2) is 0 Å². The van der Waals surface area contributed by atoms with E-state index in [4.69, 9.17) is 22.1 Å². The van der Waals surface area contributed by atoms with Gasteiger partial charge in [-0.25, -0.2) is 0 Å². The van der Waals surface area contributed by atoms with Gasteiger partial charge < -0.3 is 4.90 Å². The molecule has 110 valence electrons. The molecule has 1 amide bonds. The second-order valence-corrected chi connectivity index (χ2v) is 5.44. The van der Waals surface area contributed by atoms with Crippen molar-refractivity contribution in [3.05, 3.63) is 70.3 Å². The second kappa shape index (κ2) is 5.96. The van der Waals surface area contributed by atoms with Gasteiger partial charge >= 0.3 is 0 Å². The van der Waals surface area contributed by atoms with Gasteiger partial charge in [-0.05, 0) is 23.8 Å². The number of carbonyl (C=O) groups is 1. The molecule has 0 radical (unpaired) electrons. The molecule has 23 heavy (non-hydrogen) atoms. The van der Waals surface area contributed by atoms with Gasteiger partial charge in [-0.15, -0.1) is 0 Å². The Kier molecular flexibility index (Phi) is 3.85. The fourth-order valence-electron chi connectivity index (χ4n) is 2.59. The van der Waals surface area contributed by atoms with Crippen LogP contribution in [0.4, 0.5) is 5.69 Å². The van der Waals surface area contributed by atoms with Crippen LogP contribution in [0.5, 0.6) is 0 Å². The van der Waals surface area contributed by atoms with E-state index in [0.717, 1.165) is 5.56 Å². The lowest BCUT2D eigenvalue weighted by atomic mass is 10.0. The average molecular weight is 320 g/mol. The van der Waals surface area contributed by atoms with E-state index in [9.17, 15) is 4.79 Å². The summed E-state index contributed by atoms with van der Waals surface area (Å²) in [6.07, 6.45) is 0. The van der Waals surface area contributed by atoms with Crippen LogP contribution >= 0.6 is 11.6 Å². The van der Waals surface area contributed by atoms with Crippen LogP contribution in [0, 0.1) is 22.7 Å². The van der Waals surface area contributed by atoms with Crippen LogP contribution < -0.4 is 4.90 Å². The van der Waals surface area contributed by atoms with E-state index >= 15 is 0 Å². The Morgan fingerprint density at radius 3 is 2.35 bits per heavy atom. The highest BCUT2D eigenvalue weighted by Gasteiger charge is 2.34. The number of halogens is 1. The smallest absolute Gasteiger partial charge is 0.261 e. The summed E-state index contributed by atoms with van der Waals surface area (Å²) in [5.41, 5.74) is 2.23. The average Bonchev–Trinajstić information content (AvgIpc) is 2.84. The Labute approximate surface area is 138 Å². The predicted molar refractivity (Wildman–Crippen MR) is 87.2 cm³/mol. The monoisotopic (exact) mass is 319 g/mol. The van der Waals surface area contributed by atoms with Crippen molar-refractivity contribution in [3.8, 4) is 12.1 Å². The first-order valence-electron chi connectivity index (χ1n) is 6.86. The van der Waals surface area contributed by atoms with E-state index in [1.54, 1.807) is 29.2 Å². The van der Waals surface area contributed by atoms with Crippen LogP contribution in [-0.2, 0) is 11.3 Å². The fraction of sp³-hybridized carbons (Fsp3) is 0.0556. The third-order valence-electron chi connectivity index (χ3n) is 3.65.